The minimum absolute atomic E-state index is 0.417. The van der Waals surface area contributed by atoms with E-state index in [2.05, 4.69) is 36.5 Å². The van der Waals surface area contributed by atoms with Gasteiger partial charge in [0, 0.05) is 10.9 Å². The van der Waals surface area contributed by atoms with Gasteiger partial charge in [0.15, 0.2) is 0 Å². The Bertz CT molecular complexity index is 335. The van der Waals surface area contributed by atoms with E-state index in [-0.39, 0.29) is 0 Å². The number of benzene rings is 1. The highest BCUT2D eigenvalue weighted by atomic mass is 32.2. The summed E-state index contributed by atoms with van der Waals surface area (Å²) < 4.78 is 5.61. The molecule has 0 aliphatic heterocycles. The van der Waals surface area contributed by atoms with Gasteiger partial charge in [0.05, 0.1) is 12.5 Å². The smallest absolute Gasteiger partial charge is 0.0967 e. The van der Waals surface area contributed by atoms with Gasteiger partial charge in [-0.15, -0.1) is 0 Å². The fourth-order valence-electron chi connectivity index (χ4n) is 1.63. The van der Waals surface area contributed by atoms with Gasteiger partial charge in [0.2, 0.25) is 0 Å². The van der Waals surface area contributed by atoms with Gasteiger partial charge in [0.25, 0.3) is 0 Å². The summed E-state index contributed by atoms with van der Waals surface area (Å²) in [5.41, 5.74) is 1.33. The molecule has 1 unspecified atom stereocenters. The Morgan fingerprint density at radius 3 is 2.65 bits per heavy atom. The molecule has 2 nitrogen and oxygen atoms in total. The van der Waals surface area contributed by atoms with Gasteiger partial charge in [-0.2, -0.15) is 0 Å². The van der Waals surface area contributed by atoms with Crippen molar-refractivity contribution in [3.8, 4) is 0 Å². The van der Waals surface area contributed by atoms with Crippen molar-refractivity contribution in [1.82, 2.24) is 5.32 Å². The van der Waals surface area contributed by atoms with Gasteiger partial charge < -0.3 is 10.1 Å². The highest BCUT2D eigenvalue weighted by Gasteiger charge is 2.20. The Morgan fingerprint density at radius 1 is 1.35 bits per heavy atom. The van der Waals surface area contributed by atoms with E-state index in [0.717, 1.165) is 18.5 Å². The molecule has 1 aromatic carbocycles. The van der Waals surface area contributed by atoms with Crippen LogP contribution in [0.15, 0.2) is 29.2 Å². The monoisotopic (exact) mass is 251 g/mol. The van der Waals surface area contributed by atoms with Crippen LogP contribution in [0.25, 0.3) is 0 Å². The molecular formula is C14H21NOS. The summed E-state index contributed by atoms with van der Waals surface area (Å²) >= 11 is 1.78. The molecule has 0 bridgehead atoms. The summed E-state index contributed by atoms with van der Waals surface area (Å²) in [4.78, 5) is 1.29. The SMILES string of the molecule is CNC(C)c1ccc(SCOCC2CC2)cc1. The number of rotatable bonds is 7. The maximum atomic E-state index is 5.61. The first-order chi connectivity index (χ1) is 8.29. The molecule has 1 atom stereocenters. The van der Waals surface area contributed by atoms with Crippen LogP contribution in [0.5, 0.6) is 0 Å². The van der Waals surface area contributed by atoms with Gasteiger partial charge in [-0.3, -0.25) is 0 Å². The average molecular weight is 251 g/mol. The molecule has 1 aromatic rings. The highest BCUT2D eigenvalue weighted by Crippen LogP contribution is 2.29. The van der Waals surface area contributed by atoms with Crippen LogP contribution < -0.4 is 5.32 Å². The summed E-state index contributed by atoms with van der Waals surface area (Å²) in [6.07, 6.45) is 2.72. The molecular weight excluding hydrogens is 230 g/mol. The molecule has 1 fully saturated rings. The lowest BCUT2D eigenvalue weighted by molar-refractivity contribution is 0.171. The van der Waals surface area contributed by atoms with Crippen LogP contribution in [0, 0.1) is 5.92 Å². The molecule has 1 saturated carbocycles. The van der Waals surface area contributed by atoms with Gasteiger partial charge in [-0.1, -0.05) is 23.9 Å². The van der Waals surface area contributed by atoms with Crippen molar-refractivity contribution in [1.29, 1.82) is 0 Å². The first-order valence-corrected chi connectivity index (χ1v) is 7.26. The number of thioether (sulfide) groups is 1. The molecule has 0 heterocycles. The first kappa shape index (κ1) is 12.9. The third-order valence-electron chi connectivity index (χ3n) is 3.17. The van der Waals surface area contributed by atoms with Crippen LogP contribution >= 0.6 is 11.8 Å². The largest absolute Gasteiger partial charge is 0.370 e. The van der Waals surface area contributed by atoms with E-state index in [9.17, 15) is 0 Å². The number of hydrogen-bond acceptors (Lipinski definition) is 3. The van der Waals surface area contributed by atoms with E-state index in [4.69, 9.17) is 4.74 Å². The van der Waals surface area contributed by atoms with Crippen LogP contribution in [-0.2, 0) is 4.74 Å². The Balaban J connectivity index is 1.72. The van der Waals surface area contributed by atoms with Crippen molar-refractivity contribution in [2.45, 2.75) is 30.7 Å². The standard InChI is InChI=1S/C14H21NOS/c1-11(15-2)13-5-7-14(8-6-13)17-10-16-9-12-3-4-12/h5-8,11-12,15H,3-4,9-10H2,1-2H3. The summed E-state index contributed by atoms with van der Waals surface area (Å²) in [5.74, 6) is 1.63. The fraction of sp³-hybridized carbons (Fsp3) is 0.571. The molecule has 94 valence electrons. The Hall–Kier alpha value is -0.510. The van der Waals surface area contributed by atoms with Gasteiger partial charge in [0.1, 0.15) is 0 Å². The lowest BCUT2D eigenvalue weighted by atomic mass is 10.1. The first-order valence-electron chi connectivity index (χ1n) is 6.27. The maximum Gasteiger partial charge on any atom is 0.0967 e. The quantitative estimate of drug-likeness (QED) is 0.456. The van der Waals surface area contributed by atoms with Crippen molar-refractivity contribution in [2.75, 3.05) is 19.6 Å². The van der Waals surface area contributed by atoms with E-state index in [1.54, 1.807) is 11.8 Å². The third kappa shape index (κ3) is 4.34. The van der Waals surface area contributed by atoms with Gasteiger partial charge in [-0.05, 0) is 50.4 Å². The van der Waals surface area contributed by atoms with E-state index in [1.807, 2.05) is 7.05 Å². The Kier molecular flexibility index (Phi) is 4.89. The summed E-state index contributed by atoms with van der Waals surface area (Å²) in [7, 11) is 1.99. The number of ether oxygens (including phenoxy) is 1. The molecule has 0 amide bonds. The van der Waals surface area contributed by atoms with Crippen LogP contribution in [0.2, 0.25) is 0 Å². The number of nitrogens with one attached hydrogen (secondary N) is 1. The zero-order valence-electron chi connectivity index (χ0n) is 10.6. The average Bonchev–Trinajstić information content (AvgIpc) is 3.18. The van der Waals surface area contributed by atoms with Crippen molar-refractivity contribution < 1.29 is 4.74 Å². The molecule has 1 N–H and O–H groups in total. The Labute approximate surface area is 108 Å². The third-order valence-corrected chi connectivity index (χ3v) is 4.06. The van der Waals surface area contributed by atoms with Crippen LogP contribution in [0.1, 0.15) is 31.4 Å². The van der Waals surface area contributed by atoms with Crippen LogP contribution in [0.4, 0.5) is 0 Å². The Morgan fingerprint density at radius 2 is 2.06 bits per heavy atom. The minimum atomic E-state index is 0.417. The molecule has 17 heavy (non-hydrogen) atoms. The fourth-order valence-corrected chi connectivity index (χ4v) is 2.27. The van der Waals surface area contributed by atoms with E-state index in [0.29, 0.717) is 6.04 Å². The van der Waals surface area contributed by atoms with E-state index >= 15 is 0 Å². The molecule has 0 spiro atoms. The predicted molar refractivity (Wildman–Crippen MR) is 73.3 cm³/mol. The molecule has 2 rings (SSSR count). The minimum Gasteiger partial charge on any atom is -0.370 e. The van der Waals surface area contributed by atoms with Crippen molar-refractivity contribution >= 4 is 11.8 Å². The molecule has 3 heteroatoms. The molecule has 1 aliphatic rings. The van der Waals surface area contributed by atoms with Crippen molar-refractivity contribution in [3.63, 3.8) is 0 Å². The normalized spacial score (nSPS) is 17.1. The van der Waals surface area contributed by atoms with Crippen LogP contribution in [0.3, 0.4) is 0 Å². The molecule has 0 aromatic heterocycles. The summed E-state index contributed by atoms with van der Waals surface area (Å²) in [6.45, 7) is 3.11. The second-order valence-corrected chi connectivity index (χ2v) is 5.65. The lowest BCUT2D eigenvalue weighted by Gasteiger charge is -2.11. The van der Waals surface area contributed by atoms with Gasteiger partial charge in [-0.25, -0.2) is 0 Å². The van der Waals surface area contributed by atoms with E-state index in [1.165, 1.54) is 23.3 Å². The molecule has 1 aliphatic carbocycles. The van der Waals surface area contributed by atoms with Crippen molar-refractivity contribution in [3.05, 3.63) is 29.8 Å². The zero-order chi connectivity index (χ0) is 12.1. The highest BCUT2D eigenvalue weighted by molar-refractivity contribution is 7.99. The van der Waals surface area contributed by atoms with Gasteiger partial charge >= 0.3 is 0 Å². The molecule has 0 saturated heterocycles. The zero-order valence-corrected chi connectivity index (χ0v) is 11.4. The topological polar surface area (TPSA) is 21.3 Å². The second-order valence-electron chi connectivity index (χ2n) is 4.66. The second kappa shape index (κ2) is 6.43. The predicted octanol–water partition coefficient (Wildman–Crippen LogP) is 3.44. The van der Waals surface area contributed by atoms with Crippen LogP contribution in [-0.4, -0.2) is 19.6 Å². The molecule has 0 radical (unpaired) electrons. The maximum absolute atomic E-state index is 5.61. The van der Waals surface area contributed by atoms with Crippen molar-refractivity contribution in [2.24, 2.45) is 5.92 Å². The van der Waals surface area contributed by atoms with E-state index < -0.39 is 0 Å². The summed E-state index contributed by atoms with van der Waals surface area (Å²) in [6, 6.07) is 9.14. The number of hydrogen-bond donors (Lipinski definition) is 1. The lowest BCUT2D eigenvalue weighted by Crippen LogP contribution is -2.11. The summed E-state index contributed by atoms with van der Waals surface area (Å²) in [5, 5.41) is 3.24.